The Hall–Kier alpha value is -1.25. The maximum atomic E-state index is 11.2. The third-order valence-corrected chi connectivity index (χ3v) is 3.10. The number of nitrogens with zero attached hydrogens (tertiary/aromatic N) is 2. The van der Waals surface area contributed by atoms with E-state index in [0.29, 0.717) is 11.5 Å². The number of hydrogen-bond acceptors (Lipinski definition) is 3. The summed E-state index contributed by atoms with van der Waals surface area (Å²) in [7, 11) is 0. The van der Waals surface area contributed by atoms with Crippen molar-refractivity contribution in [2.45, 2.75) is 45.4 Å². The van der Waals surface area contributed by atoms with Gasteiger partial charge in [-0.3, -0.25) is 4.79 Å². The number of ketones is 1. The van der Waals surface area contributed by atoms with Gasteiger partial charge in [-0.05, 0) is 26.7 Å². The van der Waals surface area contributed by atoms with Crippen molar-refractivity contribution in [1.82, 2.24) is 9.97 Å². The fraction of sp³-hybridized carbons (Fsp3) is 0.583. The Morgan fingerprint density at radius 1 is 1.40 bits per heavy atom. The van der Waals surface area contributed by atoms with Crippen LogP contribution in [0.1, 0.15) is 60.4 Å². The van der Waals surface area contributed by atoms with E-state index in [0.717, 1.165) is 11.5 Å². The van der Waals surface area contributed by atoms with Crippen molar-refractivity contribution in [3.05, 3.63) is 23.3 Å². The highest BCUT2D eigenvalue weighted by Gasteiger charge is 2.20. The van der Waals surface area contributed by atoms with Gasteiger partial charge in [0.05, 0.1) is 11.3 Å². The highest BCUT2D eigenvalue weighted by Crippen LogP contribution is 2.32. The van der Waals surface area contributed by atoms with Gasteiger partial charge in [0.15, 0.2) is 5.78 Å². The summed E-state index contributed by atoms with van der Waals surface area (Å²) in [5.41, 5.74) is 1.47. The second kappa shape index (κ2) is 4.09. The molecule has 1 aromatic rings. The van der Waals surface area contributed by atoms with E-state index in [-0.39, 0.29) is 5.78 Å². The summed E-state index contributed by atoms with van der Waals surface area (Å²) in [6.07, 6.45) is 6.62. The van der Waals surface area contributed by atoms with Crippen LogP contribution in [-0.2, 0) is 0 Å². The first-order chi connectivity index (χ1) is 7.18. The summed E-state index contributed by atoms with van der Waals surface area (Å²) in [4.78, 5) is 20.0. The molecule has 0 amide bonds. The Labute approximate surface area is 89.9 Å². The van der Waals surface area contributed by atoms with Crippen LogP contribution in [0.2, 0.25) is 0 Å². The normalized spacial score (nSPS) is 16.9. The zero-order valence-corrected chi connectivity index (χ0v) is 9.29. The maximum Gasteiger partial charge on any atom is 0.163 e. The summed E-state index contributed by atoms with van der Waals surface area (Å²) in [6, 6.07) is 0. The smallest absolute Gasteiger partial charge is 0.163 e. The molecule has 0 unspecified atom stereocenters. The second-order valence-electron chi connectivity index (χ2n) is 4.26. The zero-order valence-electron chi connectivity index (χ0n) is 9.29. The first-order valence-electron chi connectivity index (χ1n) is 5.53. The fourth-order valence-corrected chi connectivity index (χ4v) is 2.21. The molecule has 80 valence electrons. The summed E-state index contributed by atoms with van der Waals surface area (Å²) < 4.78 is 0. The fourth-order valence-electron chi connectivity index (χ4n) is 2.21. The minimum Gasteiger partial charge on any atom is -0.294 e. The minimum absolute atomic E-state index is 0.0467. The molecule has 0 spiro atoms. The van der Waals surface area contributed by atoms with E-state index in [2.05, 4.69) is 9.97 Å². The Balaban J connectivity index is 2.28. The zero-order chi connectivity index (χ0) is 10.8. The summed E-state index contributed by atoms with van der Waals surface area (Å²) >= 11 is 0. The van der Waals surface area contributed by atoms with Crippen molar-refractivity contribution in [3.63, 3.8) is 0 Å². The van der Waals surface area contributed by atoms with Crippen molar-refractivity contribution in [2.75, 3.05) is 0 Å². The van der Waals surface area contributed by atoms with Gasteiger partial charge >= 0.3 is 0 Å². The maximum absolute atomic E-state index is 11.2. The van der Waals surface area contributed by atoms with Crippen molar-refractivity contribution < 1.29 is 4.79 Å². The van der Waals surface area contributed by atoms with Gasteiger partial charge in [0.25, 0.3) is 0 Å². The average molecular weight is 204 g/mol. The monoisotopic (exact) mass is 204 g/mol. The molecule has 1 aromatic heterocycles. The Morgan fingerprint density at radius 3 is 2.60 bits per heavy atom. The van der Waals surface area contributed by atoms with Crippen LogP contribution in [0.4, 0.5) is 0 Å². The molecular formula is C12H16N2O. The van der Waals surface area contributed by atoms with Crippen LogP contribution in [0.25, 0.3) is 0 Å². The average Bonchev–Trinajstić information content (AvgIpc) is 2.69. The van der Waals surface area contributed by atoms with Crippen molar-refractivity contribution in [2.24, 2.45) is 0 Å². The molecule has 1 saturated carbocycles. The van der Waals surface area contributed by atoms with Crippen LogP contribution in [0.15, 0.2) is 6.20 Å². The summed E-state index contributed by atoms with van der Waals surface area (Å²) in [6.45, 7) is 3.44. The summed E-state index contributed by atoms with van der Waals surface area (Å²) in [5, 5.41) is 0. The molecule has 1 aliphatic rings. The molecule has 0 aromatic carbocycles. The third kappa shape index (κ3) is 2.06. The lowest BCUT2D eigenvalue weighted by molar-refractivity contribution is 0.101. The predicted molar refractivity (Wildman–Crippen MR) is 58.0 cm³/mol. The van der Waals surface area contributed by atoms with E-state index in [1.54, 1.807) is 13.1 Å². The number of rotatable bonds is 2. The quantitative estimate of drug-likeness (QED) is 0.695. The molecule has 0 atom stereocenters. The Morgan fingerprint density at radius 2 is 2.07 bits per heavy atom. The van der Waals surface area contributed by atoms with E-state index in [4.69, 9.17) is 0 Å². The molecule has 3 nitrogen and oxygen atoms in total. The predicted octanol–water partition coefficient (Wildman–Crippen LogP) is 2.65. The molecule has 0 aliphatic heterocycles. The van der Waals surface area contributed by atoms with Gasteiger partial charge in [0.2, 0.25) is 0 Å². The standard InChI is InChI=1S/C12H16N2O/c1-8-11(9(2)15)7-13-12(14-8)10-5-3-4-6-10/h7,10H,3-6H2,1-2H3. The summed E-state index contributed by atoms with van der Waals surface area (Å²) in [5.74, 6) is 1.49. The van der Waals surface area contributed by atoms with Crippen LogP contribution in [-0.4, -0.2) is 15.8 Å². The lowest BCUT2D eigenvalue weighted by Crippen LogP contribution is -2.06. The van der Waals surface area contributed by atoms with E-state index >= 15 is 0 Å². The van der Waals surface area contributed by atoms with Crippen LogP contribution >= 0.6 is 0 Å². The molecule has 1 fully saturated rings. The second-order valence-corrected chi connectivity index (χ2v) is 4.26. The molecule has 0 radical (unpaired) electrons. The molecule has 1 aliphatic carbocycles. The minimum atomic E-state index is 0.0467. The highest BCUT2D eigenvalue weighted by atomic mass is 16.1. The van der Waals surface area contributed by atoms with Gasteiger partial charge in [-0.1, -0.05) is 12.8 Å². The van der Waals surface area contributed by atoms with Crippen LogP contribution < -0.4 is 0 Å². The van der Waals surface area contributed by atoms with E-state index in [1.807, 2.05) is 6.92 Å². The first kappa shape index (κ1) is 10.3. The topological polar surface area (TPSA) is 42.9 Å². The van der Waals surface area contributed by atoms with Gasteiger partial charge in [-0.25, -0.2) is 9.97 Å². The van der Waals surface area contributed by atoms with Gasteiger partial charge in [0, 0.05) is 12.1 Å². The van der Waals surface area contributed by atoms with E-state index in [9.17, 15) is 4.79 Å². The van der Waals surface area contributed by atoms with Crippen molar-refractivity contribution >= 4 is 5.78 Å². The Bertz CT molecular complexity index is 381. The molecule has 0 N–H and O–H groups in total. The number of Topliss-reactive ketones (excluding diaryl/α,β-unsaturated/α-hetero) is 1. The molecule has 2 rings (SSSR count). The lowest BCUT2D eigenvalue weighted by Gasteiger charge is -2.09. The largest absolute Gasteiger partial charge is 0.294 e. The van der Waals surface area contributed by atoms with Gasteiger partial charge < -0.3 is 0 Å². The van der Waals surface area contributed by atoms with Gasteiger partial charge in [-0.15, -0.1) is 0 Å². The highest BCUT2D eigenvalue weighted by molar-refractivity contribution is 5.94. The van der Waals surface area contributed by atoms with Crippen molar-refractivity contribution in [3.8, 4) is 0 Å². The number of hydrogen-bond donors (Lipinski definition) is 0. The first-order valence-corrected chi connectivity index (χ1v) is 5.53. The molecule has 3 heteroatoms. The van der Waals surface area contributed by atoms with Crippen LogP contribution in [0, 0.1) is 6.92 Å². The number of aromatic nitrogens is 2. The van der Waals surface area contributed by atoms with Crippen LogP contribution in [0.3, 0.4) is 0 Å². The van der Waals surface area contributed by atoms with E-state index in [1.165, 1.54) is 25.7 Å². The van der Waals surface area contributed by atoms with Crippen LogP contribution in [0.5, 0.6) is 0 Å². The number of carbonyl (C=O) groups is 1. The number of aryl methyl sites for hydroxylation is 1. The lowest BCUT2D eigenvalue weighted by atomic mass is 10.1. The molecule has 0 bridgehead atoms. The number of carbonyl (C=O) groups excluding carboxylic acids is 1. The molecular weight excluding hydrogens is 188 g/mol. The molecule has 15 heavy (non-hydrogen) atoms. The van der Waals surface area contributed by atoms with Crippen molar-refractivity contribution in [1.29, 1.82) is 0 Å². The Kier molecular flexibility index (Phi) is 2.80. The SMILES string of the molecule is CC(=O)c1cnc(C2CCCC2)nc1C. The van der Waals surface area contributed by atoms with Gasteiger partial charge in [0.1, 0.15) is 5.82 Å². The van der Waals surface area contributed by atoms with Gasteiger partial charge in [-0.2, -0.15) is 0 Å². The van der Waals surface area contributed by atoms with E-state index < -0.39 is 0 Å². The molecule has 0 saturated heterocycles. The molecule has 1 heterocycles. The third-order valence-electron chi connectivity index (χ3n) is 3.10.